The third kappa shape index (κ3) is 7.36. The minimum Gasteiger partial charge on any atom is -0.487 e. The lowest BCUT2D eigenvalue weighted by Crippen LogP contribution is -2.27. The largest absolute Gasteiger partial charge is 0.487 e. The summed E-state index contributed by atoms with van der Waals surface area (Å²) in [6.45, 7) is 5.64. The number of fused-ring (bicyclic) bond motifs is 1. The number of hydrogen-bond acceptors (Lipinski definition) is 8. The quantitative estimate of drug-likeness (QED) is 0.133. The number of benzene rings is 5. The number of aryl methyl sites for hydroxylation is 2. The van der Waals surface area contributed by atoms with Crippen molar-refractivity contribution < 1.29 is 34.7 Å². The highest BCUT2D eigenvalue weighted by Crippen LogP contribution is 2.43. The van der Waals surface area contributed by atoms with E-state index in [2.05, 4.69) is 15.9 Å². The predicted molar refractivity (Wildman–Crippen MR) is 188 cm³/mol. The predicted octanol–water partition coefficient (Wildman–Crippen LogP) is 7.64. The minimum atomic E-state index is -4.52. The zero-order chi connectivity index (χ0) is 34.9. The molecule has 0 atom stereocenters. The maximum Gasteiger partial charge on any atom is 0.339 e. The summed E-state index contributed by atoms with van der Waals surface area (Å²) in [7, 11) is -8.93. The second-order valence-electron chi connectivity index (χ2n) is 11.7. The summed E-state index contributed by atoms with van der Waals surface area (Å²) in [4.78, 5) is 15.8. The Morgan fingerprint density at radius 2 is 1.29 bits per heavy atom. The van der Waals surface area contributed by atoms with Crippen LogP contribution >= 0.6 is 15.9 Å². The van der Waals surface area contributed by atoms with Crippen LogP contribution < -0.4 is 13.1 Å². The number of halogens is 1. The zero-order valence-electron chi connectivity index (χ0n) is 26.8. The van der Waals surface area contributed by atoms with Gasteiger partial charge >= 0.3 is 20.2 Å². The second-order valence-corrected chi connectivity index (χ2v) is 15.7. The van der Waals surface area contributed by atoms with Gasteiger partial charge in [0.2, 0.25) is 0 Å². The smallest absolute Gasteiger partial charge is 0.339 e. The molecule has 5 aromatic rings. The van der Waals surface area contributed by atoms with Crippen molar-refractivity contribution in [2.45, 2.75) is 50.3 Å². The van der Waals surface area contributed by atoms with E-state index in [0.717, 1.165) is 38.4 Å². The molecule has 0 unspecified atom stereocenters. The highest BCUT2D eigenvalue weighted by Gasteiger charge is 2.35. The fourth-order valence-corrected chi connectivity index (χ4v) is 7.84. The van der Waals surface area contributed by atoms with Crippen LogP contribution in [0.5, 0.6) is 17.2 Å². The average Bonchev–Trinajstić information content (AvgIpc) is 3.52. The summed E-state index contributed by atoms with van der Waals surface area (Å²) in [6.07, 6.45) is 0. The van der Waals surface area contributed by atoms with E-state index in [1.807, 2.05) is 62.4 Å². The summed E-state index contributed by atoms with van der Waals surface area (Å²) in [5, 5.41) is 0. The molecule has 0 N–H and O–H groups in total. The third-order valence-corrected chi connectivity index (χ3v) is 11.4. The van der Waals surface area contributed by atoms with Gasteiger partial charge in [0.25, 0.3) is 5.91 Å². The monoisotopic (exact) mass is 761 g/mol. The molecule has 0 spiro atoms. The van der Waals surface area contributed by atoms with Gasteiger partial charge in [-0.15, -0.1) is 0 Å². The first-order chi connectivity index (χ1) is 23.3. The van der Waals surface area contributed by atoms with Crippen LogP contribution in [0.2, 0.25) is 0 Å². The molecule has 0 aromatic heterocycles. The van der Waals surface area contributed by atoms with E-state index < -0.39 is 31.9 Å². The first-order valence-corrected chi connectivity index (χ1v) is 18.9. The van der Waals surface area contributed by atoms with E-state index in [4.69, 9.17) is 13.1 Å². The van der Waals surface area contributed by atoms with Crippen LogP contribution in [0.15, 0.2) is 117 Å². The molecule has 0 radical (unpaired) electrons. The molecule has 1 aliphatic heterocycles. The molecule has 5 aromatic carbocycles. The lowest BCUT2D eigenvalue weighted by molar-refractivity contribution is 0.0744. The molecule has 6 rings (SSSR count). The molecule has 12 heteroatoms. The number of carbonyl (C=O) groups is 1. The van der Waals surface area contributed by atoms with Crippen molar-refractivity contribution in [2.75, 3.05) is 0 Å². The number of ether oxygens (including phenoxy) is 1. The van der Waals surface area contributed by atoms with Crippen molar-refractivity contribution in [1.82, 2.24) is 4.90 Å². The maximum atomic E-state index is 14.5. The normalized spacial score (nSPS) is 12.8. The first-order valence-electron chi connectivity index (χ1n) is 15.2. The number of nitrogens with zero attached hydrogens (tertiary/aromatic N) is 1. The Labute approximate surface area is 294 Å². The Bertz CT molecular complexity index is 2260. The van der Waals surface area contributed by atoms with Crippen molar-refractivity contribution in [3.8, 4) is 17.2 Å². The van der Waals surface area contributed by atoms with E-state index in [1.165, 1.54) is 24.3 Å². The average molecular weight is 763 g/mol. The molecule has 1 amide bonds. The lowest BCUT2D eigenvalue weighted by Gasteiger charge is -2.23. The number of rotatable bonds is 10. The molecular weight excluding hydrogens is 730 g/mol. The second kappa shape index (κ2) is 13.7. The standard InChI is InChI=1S/C37H32BrNO8S2/c1-24-12-16-29(17-13-24)48(41,42)46-33-20-34(47-49(43,44)30-18-14-25(2)15-19-30)35(36(26(33)3)45-23-27-8-5-4-6-9-27)37(40)39-21-28-10-7-11-32(38)31(28)22-39/h4-20H,21-23H2,1-3H3. The van der Waals surface area contributed by atoms with Crippen molar-refractivity contribution in [3.05, 3.63) is 147 Å². The van der Waals surface area contributed by atoms with Gasteiger partial charge in [0.15, 0.2) is 11.5 Å². The van der Waals surface area contributed by atoms with Gasteiger partial charge in [-0.3, -0.25) is 4.79 Å². The fraction of sp³-hybridized carbons (Fsp3) is 0.162. The van der Waals surface area contributed by atoms with Gasteiger partial charge in [-0.25, -0.2) is 0 Å². The van der Waals surface area contributed by atoms with Gasteiger partial charge in [0.1, 0.15) is 27.7 Å². The van der Waals surface area contributed by atoms with Crippen LogP contribution in [0.3, 0.4) is 0 Å². The van der Waals surface area contributed by atoms with Crippen LogP contribution in [-0.4, -0.2) is 27.6 Å². The molecule has 0 fully saturated rings. The number of hydrogen-bond donors (Lipinski definition) is 0. The Morgan fingerprint density at radius 1 is 0.714 bits per heavy atom. The van der Waals surface area contributed by atoms with Crippen LogP contribution in [0.25, 0.3) is 0 Å². The van der Waals surface area contributed by atoms with Gasteiger partial charge in [-0.1, -0.05) is 93.8 Å². The van der Waals surface area contributed by atoms with E-state index in [1.54, 1.807) is 36.1 Å². The van der Waals surface area contributed by atoms with E-state index in [9.17, 15) is 21.6 Å². The van der Waals surface area contributed by atoms with E-state index in [0.29, 0.717) is 0 Å². The summed E-state index contributed by atoms with van der Waals surface area (Å²) >= 11 is 3.56. The van der Waals surface area contributed by atoms with Gasteiger partial charge in [0.05, 0.1) is 0 Å². The van der Waals surface area contributed by atoms with E-state index >= 15 is 0 Å². The molecule has 0 bridgehead atoms. The summed E-state index contributed by atoms with van der Waals surface area (Å²) in [5.41, 5.74) is 4.25. The summed E-state index contributed by atoms with van der Waals surface area (Å²) < 4.78 is 72.9. The van der Waals surface area contributed by atoms with Crippen molar-refractivity contribution in [2.24, 2.45) is 0 Å². The van der Waals surface area contributed by atoms with Gasteiger partial charge in [-0.2, -0.15) is 16.8 Å². The fourth-order valence-electron chi connectivity index (χ4n) is 5.40. The van der Waals surface area contributed by atoms with E-state index in [-0.39, 0.29) is 52.1 Å². The minimum absolute atomic E-state index is 0.0218. The Balaban J connectivity index is 1.51. The SMILES string of the molecule is Cc1ccc(S(=O)(=O)Oc2cc(OS(=O)(=O)c3ccc(C)cc3)c(C(=O)N3Cc4cccc(Br)c4C3)c(OCc3ccccc3)c2C)cc1. The molecule has 0 saturated heterocycles. The molecule has 1 heterocycles. The maximum absolute atomic E-state index is 14.5. The highest BCUT2D eigenvalue weighted by molar-refractivity contribution is 9.10. The Kier molecular flexibility index (Phi) is 9.56. The molecule has 0 saturated carbocycles. The molecule has 1 aliphatic rings. The molecule has 0 aliphatic carbocycles. The number of carbonyl (C=O) groups excluding carboxylic acids is 1. The first kappa shape index (κ1) is 34.2. The van der Waals surface area contributed by atoms with Crippen LogP contribution in [-0.2, 0) is 39.9 Å². The van der Waals surface area contributed by atoms with Crippen LogP contribution in [0.1, 0.15) is 43.7 Å². The van der Waals surface area contributed by atoms with Gasteiger partial charge in [0, 0.05) is 29.2 Å². The van der Waals surface area contributed by atoms with Gasteiger partial charge < -0.3 is 18.0 Å². The molecule has 49 heavy (non-hydrogen) atoms. The molecule has 252 valence electrons. The Morgan fingerprint density at radius 3 is 1.86 bits per heavy atom. The van der Waals surface area contributed by atoms with Crippen molar-refractivity contribution in [3.63, 3.8) is 0 Å². The molecular formula is C37H32BrNO8S2. The zero-order valence-corrected chi connectivity index (χ0v) is 30.1. The van der Waals surface area contributed by atoms with Crippen LogP contribution in [0, 0.1) is 20.8 Å². The topological polar surface area (TPSA) is 116 Å². The van der Waals surface area contributed by atoms with Crippen molar-refractivity contribution in [1.29, 1.82) is 0 Å². The lowest BCUT2D eigenvalue weighted by atomic mass is 10.1. The van der Waals surface area contributed by atoms with Crippen molar-refractivity contribution >= 4 is 42.1 Å². The highest BCUT2D eigenvalue weighted by atomic mass is 79.9. The van der Waals surface area contributed by atoms with Gasteiger partial charge in [-0.05, 0) is 67.8 Å². The third-order valence-electron chi connectivity index (χ3n) is 8.12. The summed E-state index contributed by atoms with van der Waals surface area (Å²) in [6, 6.07) is 28.0. The van der Waals surface area contributed by atoms with Crippen LogP contribution in [0.4, 0.5) is 0 Å². The summed E-state index contributed by atoms with van der Waals surface area (Å²) in [5.74, 6) is -1.35. The Hall–Kier alpha value is -4.65. The molecule has 9 nitrogen and oxygen atoms in total. The number of amides is 1.